The van der Waals surface area contributed by atoms with Crippen molar-refractivity contribution in [3.63, 3.8) is 0 Å². The lowest BCUT2D eigenvalue weighted by Crippen LogP contribution is -1.94. The largest absolute Gasteiger partial charge is 0.502 e. The van der Waals surface area contributed by atoms with E-state index in [-0.39, 0.29) is 0 Å². The normalized spacial score (nSPS) is 14.1. The van der Waals surface area contributed by atoms with E-state index in [0.29, 0.717) is 0 Å². The predicted molar refractivity (Wildman–Crippen MR) is 55.4 cm³/mol. The Morgan fingerprint density at radius 2 is 2.00 bits per heavy atom. The van der Waals surface area contributed by atoms with E-state index in [1.807, 2.05) is 13.8 Å². The zero-order chi connectivity index (χ0) is 8.85. The minimum atomic E-state index is 0.992. The van der Waals surface area contributed by atoms with Crippen LogP contribution in [0.2, 0.25) is 6.82 Å². The lowest BCUT2D eigenvalue weighted by atomic mass is 9.71. The maximum Gasteiger partial charge on any atom is 0.159 e. The van der Waals surface area contributed by atoms with Crippen molar-refractivity contribution < 1.29 is 4.74 Å². The van der Waals surface area contributed by atoms with Crippen molar-refractivity contribution >= 4 is 23.2 Å². The zero-order valence-electron chi connectivity index (χ0n) is 7.57. The van der Waals surface area contributed by atoms with E-state index in [1.54, 1.807) is 7.11 Å². The molecular formula is C8H14BBrO. The Bertz CT molecular complexity index is 181. The molecule has 0 N–H and O–H groups in total. The third kappa shape index (κ3) is 4.30. The molecule has 0 heterocycles. The standard InChI is InChI=1S/C8H14BBrO/c1-6(10)5-8(9-3)7(2)11-4/h5,9H,1-4H3/b6-5+,8-7-. The second-order valence-corrected chi connectivity index (χ2v) is 3.62. The second-order valence-electron chi connectivity index (χ2n) is 2.37. The highest BCUT2D eigenvalue weighted by Crippen LogP contribution is 2.11. The fourth-order valence-corrected chi connectivity index (χ4v) is 1.10. The van der Waals surface area contributed by atoms with E-state index in [9.17, 15) is 0 Å². The van der Waals surface area contributed by atoms with E-state index < -0.39 is 0 Å². The first-order valence-electron chi connectivity index (χ1n) is 3.69. The van der Waals surface area contributed by atoms with Gasteiger partial charge >= 0.3 is 0 Å². The van der Waals surface area contributed by atoms with Crippen LogP contribution in [0.5, 0.6) is 0 Å². The lowest BCUT2D eigenvalue weighted by Gasteiger charge is -2.04. The van der Waals surface area contributed by atoms with Gasteiger partial charge in [-0.05, 0) is 23.8 Å². The van der Waals surface area contributed by atoms with Crippen LogP contribution in [-0.4, -0.2) is 14.4 Å². The summed E-state index contributed by atoms with van der Waals surface area (Å²) < 4.78 is 6.25. The van der Waals surface area contributed by atoms with Crippen LogP contribution in [-0.2, 0) is 4.74 Å². The van der Waals surface area contributed by atoms with Gasteiger partial charge in [0.05, 0.1) is 12.9 Å². The molecule has 0 aliphatic carbocycles. The van der Waals surface area contributed by atoms with Crippen molar-refractivity contribution in [1.29, 1.82) is 0 Å². The molecule has 0 saturated heterocycles. The van der Waals surface area contributed by atoms with Gasteiger partial charge in [-0.15, -0.1) is 0 Å². The Labute approximate surface area is 77.9 Å². The van der Waals surface area contributed by atoms with E-state index in [0.717, 1.165) is 17.5 Å². The molecular weight excluding hydrogens is 203 g/mol. The first-order valence-corrected chi connectivity index (χ1v) is 4.48. The Hall–Kier alpha value is -0.175. The molecule has 0 saturated carbocycles. The highest BCUT2D eigenvalue weighted by Gasteiger charge is 1.97. The fraction of sp³-hybridized carbons (Fsp3) is 0.500. The minimum absolute atomic E-state index is 0.992. The summed E-state index contributed by atoms with van der Waals surface area (Å²) in [5.74, 6) is 0.992. The molecule has 0 aromatic heterocycles. The SMILES string of the molecule is CBC(/C=C(\C)Br)=C(/C)OC. The summed E-state index contributed by atoms with van der Waals surface area (Å²) in [6, 6.07) is 0. The molecule has 0 rings (SSSR count). The van der Waals surface area contributed by atoms with Crippen LogP contribution in [0.15, 0.2) is 21.8 Å². The van der Waals surface area contributed by atoms with Crippen LogP contribution in [0.25, 0.3) is 0 Å². The van der Waals surface area contributed by atoms with E-state index in [4.69, 9.17) is 4.74 Å². The van der Waals surface area contributed by atoms with Crippen molar-refractivity contribution in [2.45, 2.75) is 20.7 Å². The highest BCUT2D eigenvalue weighted by molar-refractivity contribution is 9.11. The van der Waals surface area contributed by atoms with Gasteiger partial charge in [0.2, 0.25) is 0 Å². The van der Waals surface area contributed by atoms with Crippen LogP contribution >= 0.6 is 15.9 Å². The van der Waals surface area contributed by atoms with Gasteiger partial charge in [0.1, 0.15) is 0 Å². The molecule has 0 spiro atoms. The maximum atomic E-state index is 5.12. The molecule has 1 nitrogen and oxygen atoms in total. The van der Waals surface area contributed by atoms with Gasteiger partial charge in [0, 0.05) is 0 Å². The van der Waals surface area contributed by atoms with E-state index >= 15 is 0 Å². The van der Waals surface area contributed by atoms with Gasteiger partial charge in [0.15, 0.2) is 7.28 Å². The predicted octanol–water partition coefficient (Wildman–Crippen LogP) is 2.65. The molecule has 3 heteroatoms. The lowest BCUT2D eigenvalue weighted by molar-refractivity contribution is 0.292. The zero-order valence-corrected chi connectivity index (χ0v) is 9.16. The Kier molecular flexibility index (Phi) is 5.39. The summed E-state index contributed by atoms with van der Waals surface area (Å²) in [5, 5.41) is 0. The van der Waals surface area contributed by atoms with Crippen molar-refractivity contribution in [1.82, 2.24) is 0 Å². The first kappa shape index (κ1) is 10.8. The summed E-state index contributed by atoms with van der Waals surface area (Å²) in [7, 11) is 2.70. The topological polar surface area (TPSA) is 9.23 Å². The van der Waals surface area contributed by atoms with Crippen LogP contribution in [0, 0.1) is 0 Å². The number of hydrogen-bond acceptors (Lipinski definition) is 1. The molecule has 0 radical (unpaired) electrons. The number of ether oxygens (including phenoxy) is 1. The Morgan fingerprint density at radius 3 is 2.27 bits per heavy atom. The number of hydrogen-bond donors (Lipinski definition) is 0. The molecule has 0 atom stereocenters. The average molecular weight is 217 g/mol. The van der Waals surface area contributed by atoms with Crippen LogP contribution in [0.3, 0.4) is 0 Å². The number of rotatable bonds is 3. The van der Waals surface area contributed by atoms with Gasteiger partial charge in [0.25, 0.3) is 0 Å². The molecule has 0 fully saturated rings. The maximum absolute atomic E-state index is 5.12. The van der Waals surface area contributed by atoms with Crippen LogP contribution in [0.4, 0.5) is 0 Å². The van der Waals surface area contributed by atoms with E-state index in [2.05, 4.69) is 28.8 Å². The average Bonchev–Trinajstić information content (AvgIpc) is 1.98. The third-order valence-corrected chi connectivity index (χ3v) is 1.74. The molecule has 0 amide bonds. The summed E-state index contributed by atoms with van der Waals surface area (Å²) >= 11 is 3.38. The fourth-order valence-electron chi connectivity index (χ4n) is 0.824. The summed E-state index contributed by atoms with van der Waals surface area (Å²) in [6.07, 6.45) is 2.08. The summed E-state index contributed by atoms with van der Waals surface area (Å²) in [4.78, 5) is 0. The van der Waals surface area contributed by atoms with Crippen LogP contribution in [0.1, 0.15) is 13.8 Å². The molecule has 0 aromatic carbocycles. The van der Waals surface area contributed by atoms with E-state index in [1.165, 1.54) is 5.47 Å². The van der Waals surface area contributed by atoms with Gasteiger partial charge in [-0.25, -0.2) is 0 Å². The highest BCUT2D eigenvalue weighted by atomic mass is 79.9. The first-order chi connectivity index (χ1) is 5.11. The monoisotopic (exact) mass is 216 g/mol. The molecule has 62 valence electrons. The molecule has 11 heavy (non-hydrogen) atoms. The van der Waals surface area contributed by atoms with Crippen molar-refractivity contribution in [3.05, 3.63) is 21.8 Å². The molecule has 0 bridgehead atoms. The quantitative estimate of drug-likeness (QED) is 0.401. The van der Waals surface area contributed by atoms with Gasteiger partial charge in [-0.2, -0.15) is 0 Å². The number of allylic oxidation sites excluding steroid dienone is 4. The van der Waals surface area contributed by atoms with Crippen LogP contribution < -0.4 is 0 Å². The number of halogens is 1. The van der Waals surface area contributed by atoms with Crippen molar-refractivity contribution in [2.75, 3.05) is 7.11 Å². The van der Waals surface area contributed by atoms with Crippen molar-refractivity contribution in [2.24, 2.45) is 0 Å². The minimum Gasteiger partial charge on any atom is -0.502 e. The Morgan fingerprint density at radius 1 is 1.45 bits per heavy atom. The summed E-state index contributed by atoms with van der Waals surface area (Å²) in [6.45, 7) is 6.11. The number of methoxy groups -OCH3 is 1. The molecule has 0 unspecified atom stereocenters. The van der Waals surface area contributed by atoms with Gasteiger partial charge < -0.3 is 4.74 Å². The van der Waals surface area contributed by atoms with Gasteiger partial charge in [-0.1, -0.05) is 28.8 Å². The van der Waals surface area contributed by atoms with Gasteiger partial charge in [-0.3, -0.25) is 0 Å². The second kappa shape index (κ2) is 5.47. The molecule has 0 aromatic rings. The molecule has 0 aliphatic rings. The molecule has 0 aliphatic heterocycles. The summed E-state index contributed by atoms with van der Waals surface area (Å²) in [5.41, 5.74) is 1.24. The third-order valence-electron chi connectivity index (χ3n) is 1.51. The Balaban J connectivity index is 4.52. The smallest absolute Gasteiger partial charge is 0.159 e. The van der Waals surface area contributed by atoms with Crippen molar-refractivity contribution in [3.8, 4) is 0 Å².